The van der Waals surface area contributed by atoms with Gasteiger partial charge in [0, 0.05) is 98.8 Å². The zero-order valence-corrected chi connectivity index (χ0v) is 56.9. The molecular weight excluding hydrogens is 1280 g/mol. The number of hydrogen-bond acceptors (Lipinski definition) is 14. The third kappa shape index (κ3) is 16.4. The molecule has 6 aromatic heterocycles. The highest BCUT2D eigenvalue weighted by molar-refractivity contribution is 9.11. The van der Waals surface area contributed by atoms with Gasteiger partial charge in [-0.15, -0.1) is 0 Å². The zero-order chi connectivity index (χ0) is 62.7. The number of fused-ring (bicyclic) bond motifs is 2. The van der Waals surface area contributed by atoms with Crippen molar-refractivity contribution in [2.75, 3.05) is 50.5 Å². The molecule has 22 heteroatoms. The Balaban J connectivity index is 0.000000223. The number of pyridine rings is 2. The van der Waals surface area contributed by atoms with E-state index in [-0.39, 0.29) is 36.9 Å². The third-order valence-corrected chi connectivity index (χ3v) is 21.5. The molecule has 2 fully saturated rings. The zero-order valence-electron chi connectivity index (χ0n) is 51.7. The quantitative estimate of drug-likeness (QED) is 0.0276. The van der Waals surface area contributed by atoms with Gasteiger partial charge in [-0.3, -0.25) is 9.97 Å². The van der Waals surface area contributed by atoms with E-state index in [2.05, 4.69) is 92.2 Å². The summed E-state index contributed by atoms with van der Waals surface area (Å²) in [5.74, 6) is -0.810. The lowest BCUT2D eigenvalue weighted by Crippen LogP contribution is -2.34. The van der Waals surface area contributed by atoms with Crippen LogP contribution in [0.2, 0.25) is 51.4 Å². The standard InChI is InChI=1S/C39H55BrFN5O4Si2.C27H27BrFN5O2/c1-8-50-39(47)35(41)29-14-16-30(17-15-29)36-34(40)38(45(26-48-20-22-51(2,3)4)27-49-21-23-52(5,6)7)46-37(44-36)32(25-43-46)31-18-19-33(42-24-31)28-12-10-9-11-13-28;1-2-36-27(35)23(29)17-8-10-18(11-9-17)24-22(28)25(30)34-26(33-24)20(15-32-34)19-12-13-21(31-14-19)16-6-4-3-5-7-16/h9-13,18-19,24-25,29-30,35H,8,14-17,20-23,26-27H2,1-7H3;3-7,12-15,17-18,23H,2,8-11,30H2,1H3. The van der Waals surface area contributed by atoms with Gasteiger partial charge < -0.3 is 29.6 Å². The molecule has 0 radical (unpaired) electrons. The van der Waals surface area contributed by atoms with Crippen LogP contribution in [0.15, 0.2) is 119 Å². The maximum atomic E-state index is 15.1. The van der Waals surface area contributed by atoms with Crippen LogP contribution < -0.4 is 10.6 Å². The van der Waals surface area contributed by atoms with Crippen molar-refractivity contribution in [2.24, 2.45) is 11.8 Å². The second-order valence-electron chi connectivity index (χ2n) is 25.3. The lowest BCUT2D eigenvalue weighted by atomic mass is 9.78. The van der Waals surface area contributed by atoms with Crippen molar-refractivity contribution in [1.29, 1.82) is 0 Å². The number of rotatable bonds is 23. The number of benzene rings is 2. The van der Waals surface area contributed by atoms with Crippen molar-refractivity contribution in [1.82, 2.24) is 39.2 Å². The van der Waals surface area contributed by atoms with E-state index in [1.54, 1.807) is 24.6 Å². The van der Waals surface area contributed by atoms with E-state index < -0.39 is 40.4 Å². The SMILES string of the molecule is CCOC(=O)C(F)C1CCC(c2nc3c(-c4ccc(-c5ccccc5)nc4)cnn3c(N(COCC[Si](C)(C)C)COCC[Si](C)(C)C)c2Br)CC1.CCOC(=O)C(F)C1CCC(c2nc3c(-c4ccc(-c5ccccc5)nc4)cnn3c(N)c2Br)CC1. The summed E-state index contributed by atoms with van der Waals surface area (Å²) < 4.78 is 57.2. The molecule has 16 nitrogen and oxygen atoms in total. The maximum Gasteiger partial charge on any atom is 0.341 e. The van der Waals surface area contributed by atoms with Crippen molar-refractivity contribution < 1.29 is 37.3 Å². The van der Waals surface area contributed by atoms with Crippen LogP contribution in [-0.2, 0) is 28.5 Å². The van der Waals surface area contributed by atoms with Crippen molar-refractivity contribution in [3.8, 4) is 44.8 Å². The highest BCUT2D eigenvalue weighted by Crippen LogP contribution is 2.45. The Morgan fingerprint density at radius 1 is 0.580 bits per heavy atom. The normalized spacial score (nSPS) is 17.9. The van der Waals surface area contributed by atoms with Crippen molar-refractivity contribution in [3.05, 3.63) is 130 Å². The number of nitrogens with two attached hydrogens (primary N) is 1. The molecule has 0 bridgehead atoms. The number of esters is 2. The first-order valence-corrected chi connectivity index (χ1v) is 39.7. The van der Waals surface area contributed by atoms with Crippen LogP contribution in [0.1, 0.15) is 88.4 Å². The second-order valence-corrected chi connectivity index (χ2v) is 38.1. The molecule has 2 unspecified atom stereocenters. The van der Waals surface area contributed by atoms with E-state index in [0.29, 0.717) is 99.6 Å². The van der Waals surface area contributed by atoms with Gasteiger partial charge in [0.15, 0.2) is 29.5 Å². The molecule has 2 aliphatic carbocycles. The number of ether oxygens (including phenoxy) is 4. The molecule has 2 aliphatic rings. The predicted molar refractivity (Wildman–Crippen MR) is 356 cm³/mol. The smallest absolute Gasteiger partial charge is 0.341 e. The van der Waals surface area contributed by atoms with Crippen LogP contribution in [-0.4, -0.2) is 119 Å². The predicted octanol–water partition coefficient (Wildman–Crippen LogP) is 15.8. The number of nitrogen functional groups attached to an aromatic ring is 1. The van der Waals surface area contributed by atoms with Crippen LogP contribution in [0.25, 0.3) is 56.1 Å². The monoisotopic (exact) mass is 1360 g/mol. The Morgan fingerprint density at radius 3 is 1.39 bits per heavy atom. The Hall–Kier alpha value is -6.31. The lowest BCUT2D eigenvalue weighted by Gasteiger charge is -2.32. The number of nitrogens with zero attached hydrogens (tertiary/aromatic N) is 9. The van der Waals surface area contributed by atoms with Gasteiger partial charge >= 0.3 is 11.9 Å². The minimum Gasteiger partial charge on any atom is -0.464 e. The third-order valence-electron chi connectivity index (χ3n) is 16.5. The van der Waals surface area contributed by atoms with Gasteiger partial charge in [-0.05, 0) is 121 Å². The average molecular weight is 1370 g/mol. The van der Waals surface area contributed by atoms with Crippen LogP contribution in [0.4, 0.5) is 20.4 Å². The van der Waals surface area contributed by atoms with Crippen LogP contribution >= 0.6 is 31.9 Å². The topological polar surface area (TPSA) is 186 Å². The molecule has 2 N–H and O–H groups in total. The summed E-state index contributed by atoms with van der Waals surface area (Å²) >= 11 is 7.60. The Labute approximate surface area is 534 Å². The first-order valence-electron chi connectivity index (χ1n) is 30.7. The molecule has 2 aromatic carbocycles. The number of alkyl halides is 2. The minimum atomic E-state index is -1.61. The molecule has 0 spiro atoms. The summed E-state index contributed by atoms with van der Waals surface area (Å²) in [6.45, 7) is 19.8. The van der Waals surface area contributed by atoms with Gasteiger partial charge in [0.05, 0.1) is 57.3 Å². The molecule has 8 aromatic rings. The van der Waals surface area contributed by atoms with E-state index in [0.717, 1.165) is 78.5 Å². The Morgan fingerprint density at radius 2 is 0.989 bits per heavy atom. The van der Waals surface area contributed by atoms with Gasteiger partial charge in [-0.2, -0.15) is 19.2 Å². The summed E-state index contributed by atoms with van der Waals surface area (Å²) in [5.41, 5.74) is 16.9. The molecule has 6 heterocycles. The maximum absolute atomic E-state index is 15.1. The largest absolute Gasteiger partial charge is 0.464 e. The van der Waals surface area contributed by atoms with E-state index in [1.807, 2.05) is 102 Å². The highest BCUT2D eigenvalue weighted by Gasteiger charge is 2.37. The number of halogens is 4. The van der Waals surface area contributed by atoms with E-state index in [4.69, 9.17) is 44.7 Å². The summed E-state index contributed by atoms with van der Waals surface area (Å²) in [5, 5.41) is 9.37. The first kappa shape index (κ1) is 66.1. The van der Waals surface area contributed by atoms with Gasteiger partial charge in [-0.25, -0.2) is 28.3 Å². The summed E-state index contributed by atoms with van der Waals surface area (Å²) in [6.07, 6.45) is 9.22. The molecule has 468 valence electrons. The average Bonchev–Trinajstić information content (AvgIpc) is 4.28. The molecule has 2 saturated carbocycles. The van der Waals surface area contributed by atoms with Crippen molar-refractivity contribution >= 4 is 82.9 Å². The van der Waals surface area contributed by atoms with E-state index >= 15 is 4.39 Å². The van der Waals surface area contributed by atoms with E-state index in [1.165, 1.54) is 0 Å². The minimum absolute atomic E-state index is 0.0487. The van der Waals surface area contributed by atoms with Crippen molar-refractivity contribution in [2.45, 2.75) is 141 Å². The number of aromatic nitrogens is 8. The summed E-state index contributed by atoms with van der Waals surface area (Å²) in [6, 6.07) is 30.3. The molecule has 10 rings (SSSR count). The van der Waals surface area contributed by atoms with Crippen LogP contribution in [0.5, 0.6) is 0 Å². The van der Waals surface area contributed by atoms with E-state index in [9.17, 15) is 14.0 Å². The second kappa shape index (κ2) is 30.0. The number of carbonyl (C=O) groups is 2. The molecule has 0 amide bonds. The number of hydrogen-bond donors (Lipinski definition) is 1. The lowest BCUT2D eigenvalue weighted by molar-refractivity contribution is -0.152. The highest BCUT2D eigenvalue weighted by atomic mass is 79.9. The molecule has 2 atom stereocenters. The number of carbonyl (C=O) groups excluding carboxylic acids is 2. The fourth-order valence-electron chi connectivity index (χ4n) is 11.3. The number of anilines is 2. The van der Waals surface area contributed by atoms with Crippen LogP contribution in [0.3, 0.4) is 0 Å². The van der Waals surface area contributed by atoms with Gasteiger partial charge in [-0.1, -0.05) is 112 Å². The molecule has 0 saturated heterocycles. The summed E-state index contributed by atoms with van der Waals surface area (Å²) in [7, 11) is -2.60. The van der Waals surface area contributed by atoms with Gasteiger partial charge in [0.1, 0.15) is 19.3 Å². The van der Waals surface area contributed by atoms with Gasteiger partial charge in [0.25, 0.3) is 0 Å². The fourth-order valence-corrected chi connectivity index (χ4v) is 14.3. The Kier molecular flexibility index (Phi) is 22.5. The van der Waals surface area contributed by atoms with Crippen LogP contribution in [0, 0.1) is 11.8 Å². The molecule has 0 aliphatic heterocycles. The summed E-state index contributed by atoms with van der Waals surface area (Å²) in [4.78, 5) is 45.9. The fraction of sp³-hybridized carbons (Fsp3) is 0.455. The van der Waals surface area contributed by atoms with Gasteiger partial charge in [0.2, 0.25) is 0 Å². The molecular formula is C66H82Br2F2N10O6Si2. The van der Waals surface area contributed by atoms with Crippen molar-refractivity contribution in [3.63, 3.8) is 0 Å². The molecule has 88 heavy (non-hydrogen) atoms. The Bertz CT molecular complexity index is 3570. The first-order chi connectivity index (χ1) is 42.2.